The number of nitrogens with zero attached hydrogens (tertiary/aromatic N) is 1. The van der Waals surface area contributed by atoms with E-state index in [2.05, 4.69) is 5.32 Å². The molecule has 1 heterocycles. The lowest BCUT2D eigenvalue weighted by atomic mass is 9.83. The SMILES string of the molecule is CC(C)(C)OC(=O)CC[C@@]1(C(=O)NCCc2ccc(Cl)cc2)N=C(c2ccc(OCCCO)cc2)O[C@@H]1c1ccc(Cl)cc1Cl. The van der Waals surface area contributed by atoms with Crippen molar-refractivity contribution in [3.63, 3.8) is 0 Å². The van der Waals surface area contributed by atoms with Gasteiger partial charge in [0.05, 0.1) is 6.61 Å². The van der Waals surface area contributed by atoms with Gasteiger partial charge in [0.2, 0.25) is 5.90 Å². The van der Waals surface area contributed by atoms with E-state index in [-0.39, 0.29) is 25.3 Å². The number of benzene rings is 3. The first-order valence-corrected chi connectivity index (χ1v) is 15.8. The van der Waals surface area contributed by atoms with Crippen LogP contribution in [0.15, 0.2) is 71.7 Å². The molecule has 0 radical (unpaired) electrons. The smallest absolute Gasteiger partial charge is 0.306 e. The molecule has 4 rings (SSSR count). The number of rotatable bonds is 13. The number of hydrogen-bond acceptors (Lipinski definition) is 7. The van der Waals surface area contributed by atoms with Crippen LogP contribution in [0.25, 0.3) is 0 Å². The first kappa shape index (κ1) is 34.6. The van der Waals surface area contributed by atoms with Gasteiger partial charge in [-0.15, -0.1) is 0 Å². The van der Waals surface area contributed by atoms with Crippen LogP contribution in [0.3, 0.4) is 0 Å². The Hall–Kier alpha value is -3.30. The highest BCUT2D eigenvalue weighted by atomic mass is 35.5. The molecule has 0 fully saturated rings. The molecule has 8 nitrogen and oxygen atoms in total. The van der Waals surface area contributed by atoms with Gasteiger partial charge in [0.15, 0.2) is 11.6 Å². The second kappa shape index (κ2) is 15.3. The quantitative estimate of drug-likeness (QED) is 0.147. The van der Waals surface area contributed by atoms with Gasteiger partial charge >= 0.3 is 5.97 Å². The van der Waals surface area contributed by atoms with Crippen molar-refractivity contribution < 1.29 is 28.9 Å². The zero-order valence-corrected chi connectivity index (χ0v) is 27.7. The number of esters is 1. The normalized spacial score (nSPS) is 17.8. The molecule has 3 aromatic carbocycles. The van der Waals surface area contributed by atoms with Crippen molar-refractivity contribution in [2.75, 3.05) is 19.8 Å². The molecule has 0 bridgehead atoms. The van der Waals surface area contributed by atoms with Crippen molar-refractivity contribution in [1.82, 2.24) is 5.32 Å². The molecule has 0 saturated heterocycles. The maximum absolute atomic E-state index is 14.3. The highest BCUT2D eigenvalue weighted by molar-refractivity contribution is 6.35. The van der Waals surface area contributed by atoms with Crippen molar-refractivity contribution in [1.29, 1.82) is 0 Å². The molecule has 0 spiro atoms. The summed E-state index contributed by atoms with van der Waals surface area (Å²) in [6.07, 6.45) is -0.0253. The van der Waals surface area contributed by atoms with Gasteiger partial charge in [-0.1, -0.05) is 53.0 Å². The van der Waals surface area contributed by atoms with E-state index in [1.807, 2.05) is 12.1 Å². The van der Waals surface area contributed by atoms with Gasteiger partial charge in [-0.2, -0.15) is 0 Å². The summed E-state index contributed by atoms with van der Waals surface area (Å²) in [6.45, 7) is 6.06. The minimum Gasteiger partial charge on any atom is -0.494 e. The van der Waals surface area contributed by atoms with Crippen LogP contribution >= 0.6 is 34.8 Å². The van der Waals surface area contributed by atoms with E-state index in [9.17, 15) is 9.59 Å². The average molecular weight is 676 g/mol. The number of nitrogens with one attached hydrogen (secondary N) is 1. The Morgan fingerprint density at radius 2 is 1.69 bits per heavy atom. The summed E-state index contributed by atoms with van der Waals surface area (Å²) in [5.41, 5.74) is -0.174. The van der Waals surface area contributed by atoms with Crippen LogP contribution in [0.2, 0.25) is 15.1 Å². The third-order valence-corrected chi connectivity index (χ3v) is 7.83. The maximum atomic E-state index is 14.3. The number of aliphatic hydroxyl groups is 1. The molecule has 0 aromatic heterocycles. The number of hydrogen-bond donors (Lipinski definition) is 2. The van der Waals surface area contributed by atoms with Gasteiger partial charge < -0.3 is 24.6 Å². The monoisotopic (exact) mass is 674 g/mol. The predicted molar refractivity (Wildman–Crippen MR) is 176 cm³/mol. The standard InChI is InChI=1S/C34H37Cl3N2O6/c1-33(2,3)45-29(41)15-17-34(32(42)38-18-16-22-5-9-24(35)10-6-22)30(27-14-11-25(36)21-28(27)37)44-31(39-34)23-7-12-26(13-8-23)43-20-4-19-40/h5-14,21,30,40H,4,15-20H2,1-3H3,(H,38,42)/t30-,34-/m1/s1. The molecular weight excluding hydrogens is 639 g/mol. The Bertz CT molecular complexity index is 1510. The lowest BCUT2D eigenvalue weighted by Crippen LogP contribution is -2.49. The molecule has 1 aliphatic rings. The first-order chi connectivity index (χ1) is 21.4. The summed E-state index contributed by atoms with van der Waals surface area (Å²) < 4.78 is 17.7. The van der Waals surface area contributed by atoms with Crippen LogP contribution in [0.5, 0.6) is 5.75 Å². The van der Waals surface area contributed by atoms with Crippen LogP contribution in [-0.4, -0.2) is 53.8 Å². The van der Waals surface area contributed by atoms with Crippen molar-refractivity contribution in [2.24, 2.45) is 4.99 Å². The first-order valence-electron chi connectivity index (χ1n) is 14.7. The molecule has 1 aliphatic heterocycles. The molecule has 2 atom stereocenters. The molecule has 240 valence electrons. The number of aliphatic hydroxyl groups excluding tert-OH is 1. The van der Waals surface area contributed by atoms with Gasteiger partial charge in [-0.3, -0.25) is 9.59 Å². The molecule has 0 aliphatic carbocycles. The van der Waals surface area contributed by atoms with E-state index in [1.54, 1.807) is 75.4 Å². The van der Waals surface area contributed by atoms with E-state index < -0.39 is 29.1 Å². The molecular formula is C34H37Cl3N2O6. The van der Waals surface area contributed by atoms with Gasteiger partial charge in [-0.25, -0.2) is 4.99 Å². The van der Waals surface area contributed by atoms with E-state index in [0.717, 1.165) is 5.56 Å². The van der Waals surface area contributed by atoms with Crippen LogP contribution in [0.1, 0.15) is 62.8 Å². The van der Waals surface area contributed by atoms with Crippen molar-refractivity contribution in [2.45, 2.75) is 63.7 Å². The minimum atomic E-state index is -1.57. The van der Waals surface area contributed by atoms with Crippen LogP contribution < -0.4 is 10.1 Å². The van der Waals surface area contributed by atoms with Crippen molar-refractivity contribution in [3.05, 3.63) is 98.5 Å². The van der Waals surface area contributed by atoms with E-state index in [4.69, 9.17) is 59.1 Å². The Kier molecular flexibility index (Phi) is 11.8. The van der Waals surface area contributed by atoms with E-state index in [0.29, 0.717) is 57.9 Å². The highest BCUT2D eigenvalue weighted by Crippen LogP contribution is 2.45. The number of halogens is 3. The van der Waals surface area contributed by atoms with Crippen LogP contribution in [-0.2, 0) is 25.5 Å². The third-order valence-electron chi connectivity index (χ3n) is 7.02. The molecule has 0 saturated carbocycles. The average Bonchev–Trinajstić information content (AvgIpc) is 3.37. The fraction of sp³-hybridized carbons (Fsp3) is 0.382. The Balaban J connectivity index is 1.70. The molecule has 0 unspecified atom stereocenters. The largest absolute Gasteiger partial charge is 0.494 e. The number of amides is 1. The second-order valence-electron chi connectivity index (χ2n) is 11.7. The zero-order valence-electron chi connectivity index (χ0n) is 25.4. The maximum Gasteiger partial charge on any atom is 0.306 e. The molecule has 11 heteroatoms. The van der Waals surface area contributed by atoms with Gasteiger partial charge in [0.25, 0.3) is 5.91 Å². The Labute approximate surface area is 278 Å². The molecule has 3 aromatic rings. The number of aliphatic imine (C=N–C) groups is 1. The lowest BCUT2D eigenvalue weighted by Gasteiger charge is -2.31. The van der Waals surface area contributed by atoms with Crippen LogP contribution in [0.4, 0.5) is 0 Å². The lowest BCUT2D eigenvalue weighted by molar-refractivity contribution is -0.155. The summed E-state index contributed by atoms with van der Waals surface area (Å²) in [5, 5.41) is 13.4. The topological polar surface area (TPSA) is 106 Å². The zero-order chi connectivity index (χ0) is 32.6. The van der Waals surface area contributed by atoms with Gasteiger partial charge in [-0.05, 0) is 87.7 Å². The second-order valence-corrected chi connectivity index (χ2v) is 13.0. The fourth-order valence-corrected chi connectivity index (χ4v) is 5.50. The Morgan fingerprint density at radius 3 is 2.33 bits per heavy atom. The van der Waals surface area contributed by atoms with E-state index in [1.165, 1.54) is 0 Å². The van der Waals surface area contributed by atoms with Crippen LogP contribution in [0, 0.1) is 0 Å². The molecule has 2 N–H and O–H groups in total. The minimum absolute atomic E-state index is 0.00975. The van der Waals surface area contributed by atoms with Gasteiger partial charge in [0, 0.05) is 52.2 Å². The summed E-state index contributed by atoms with van der Waals surface area (Å²) in [7, 11) is 0. The third kappa shape index (κ3) is 9.36. The number of carbonyl (C=O) groups is 2. The number of carbonyl (C=O) groups excluding carboxylic acids is 2. The van der Waals surface area contributed by atoms with E-state index >= 15 is 0 Å². The Morgan fingerprint density at radius 1 is 1.00 bits per heavy atom. The van der Waals surface area contributed by atoms with Gasteiger partial charge in [0.1, 0.15) is 11.4 Å². The molecule has 1 amide bonds. The fourth-order valence-electron chi connectivity index (χ4n) is 4.87. The highest BCUT2D eigenvalue weighted by Gasteiger charge is 2.54. The predicted octanol–water partition coefficient (Wildman–Crippen LogP) is 7.15. The molecule has 45 heavy (non-hydrogen) atoms. The summed E-state index contributed by atoms with van der Waals surface area (Å²) in [6, 6.07) is 19.4. The summed E-state index contributed by atoms with van der Waals surface area (Å²) in [5.74, 6) is -0.0657. The van der Waals surface area contributed by atoms with Crippen molar-refractivity contribution >= 4 is 52.6 Å². The summed E-state index contributed by atoms with van der Waals surface area (Å²) >= 11 is 18.9. The van der Waals surface area contributed by atoms with Crippen molar-refractivity contribution in [3.8, 4) is 5.75 Å². The number of ether oxygens (including phenoxy) is 3. The summed E-state index contributed by atoms with van der Waals surface area (Å²) in [4.78, 5) is 32.1.